The van der Waals surface area contributed by atoms with Gasteiger partial charge in [0.15, 0.2) is 0 Å². The number of pyridine rings is 1. The number of hydrogen-bond acceptors (Lipinski definition) is 2. The van der Waals surface area contributed by atoms with Crippen molar-refractivity contribution in [1.82, 2.24) is 10.3 Å². The Labute approximate surface area is 83.5 Å². The Balaban J connectivity index is 3.32. The average Bonchev–Trinajstić information content (AvgIpc) is 2.10. The van der Waals surface area contributed by atoms with Crippen LogP contribution in [0.1, 0.15) is 16.1 Å². The van der Waals surface area contributed by atoms with Crippen LogP contribution < -0.4 is 10.9 Å². The maximum Gasteiger partial charge on any atom is 0.261 e. The Bertz CT molecular complexity index is 398. The third-order valence-corrected chi connectivity index (χ3v) is 2.47. The van der Waals surface area contributed by atoms with Crippen LogP contribution in [0.3, 0.4) is 0 Å². The number of hydrogen-bond donors (Lipinski definition) is 2. The molecular formula is C8H9BrN2O2. The normalized spacial score (nSPS) is 9.77. The molecule has 1 heterocycles. The van der Waals surface area contributed by atoms with E-state index >= 15 is 0 Å². The summed E-state index contributed by atoms with van der Waals surface area (Å²) < 4.78 is 0.714. The number of nitrogens with one attached hydrogen (secondary N) is 2. The van der Waals surface area contributed by atoms with Crippen LogP contribution in [-0.2, 0) is 0 Å². The van der Waals surface area contributed by atoms with Crippen molar-refractivity contribution in [2.75, 3.05) is 7.05 Å². The molecule has 0 aliphatic heterocycles. The maximum atomic E-state index is 11.3. The molecule has 13 heavy (non-hydrogen) atoms. The van der Waals surface area contributed by atoms with Gasteiger partial charge < -0.3 is 10.3 Å². The number of carbonyl (C=O) groups is 1. The Morgan fingerprint density at radius 3 is 2.77 bits per heavy atom. The van der Waals surface area contributed by atoms with Gasteiger partial charge in [-0.25, -0.2) is 0 Å². The molecule has 0 aliphatic carbocycles. The van der Waals surface area contributed by atoms with E-state index in [2.05, 4.69) is 26.2 Å². The van der Waals surface area contributed by atoms with E-state index in [4.69, 9.17) is 0 Å². The molecule has 0 saturated heterocycles. The quantitative estimate of drug-likeness (QED) is 0.768. The molecule has 0 saturated carbocycles. The average molecular weight is 245 g/mol. The van der Waals surface area contributed by atoms with Gasteiger partial charge >= 0.3 is 0 Å². The first-order valence-corrected chi connectivity index (χ1v) is 4.47. The molecule has 1 rings (SSSR count). The van der Waals surface area contributed by atoms with Gasteiger partial charge in [0, 0.05) is 17.2 Å². The predicted octanol–water partition coefficient (Wildman–Crippen LogP) is 0.805. The van der Waals surface area contributed by atoms with Crippen molar-refractivity contribution in [1.29, 1.82) is 0 Å². The lowest BCUT2D eigenvalue weighted by atomic mass is 10.2. The van der Waals surface area contributed by atoms with Crippen molar-refractivity contribution in [2.24, 2.45) is 0 Å². The monoisotopic (exact) mass is 244 g/mol. The summed E-state index contributed by atoms with van der Waals surface area (Å²) in [4.78, 5) is 25.0. The van der Waals surface area contributed by atoms with Crippen molar-refractivity contribution in [3.63, 3.8) is 0 Å². The van der Waals surface area contributed by atoms with Gasteiger partial charge in [-0.3, -0.25) is 9.59 Å². The van der Waals surface area contributed by atoms with Crippen LogP contribution in [0.15, 0.2) is 15.3 Å². The molecule has 0 bridgehead atoms. The minimum absolute atomic E-state index is 0.111. The lowest BCUT2D eigenvalue weighted by molar-refractivity contribution is 0.0961. The van der Waals surface area contributed by atoms with Crippen molar-refractivity contribution in [2.45, 2.75) is 6.92 Å². The highest BCUT2D eigenvalue weighted by Crippen LogP contribution is 2.12. The molecule has 1 aromatic rings. The minimum atomic E-state index is -0.387. The molecular weight excluding hydrogens is 236 g/mol. The molecule has 0 fully saturated rings. The summed E-state index contributed by atoms with van der Waals surface area (Å²) in [6, 6.07) is 1.51. The SMILES string of the molecule is CNC(=O)c1cc(Br)c(C)[nH]c1=O. The molecule has 70 valence electrons. The Kier molecular flexibility index (Phi) is 2.87. The summed E-state index contributed by atoms with van der Waals surface area (Å²) in [6.07, 6.45) is 0. The molecule has 0 aromatic carbocycles. The number of halogens is 1. The van der Waals surface area contributed by atoms with Crippen LogP contribution >= 0.6 is 15.9 Å². The summed E-state index contributed by atoms with van der Waals surface area (Å²) in [5.74, 6) is -0.387. The number of aromatic amines is 1. The van der Waals surface area contributed by atoms with Crippen molar-refractivity contribution >= 4 is 21.8 Å². The lowest BCUT2D eigenvalue weighted by Crippen LogP contribution is -2.27. The molecule has 4 nitrogen and oxygen atoms in total. The van der Waals surface area contributed by atoms with E-state index in [-0.39, 0.29) is 17.0 Å². The van der Waals surface area contributed by atoms with E-state index in [1.807, 2.05) is 0 Å². The van der Waals surface area contributed by atoms with E-state index in [0.717, 1.165) is 0 Å². The fourth-order valence-corrected chi connectivity index (χ4v) is 1.23. The molecule has 0 radical (unpaired) electrons. The summed E-state index contributed by atoms with van der Waals surface area (Å²) in [6.45, 7) is 1.75. The number of amides is 1. The van der Waals surface area contributed by atoms with Crippen molar-refractivity contribution < 1.29 is 4.79 Å². The Morgan fingerprint density at radius 2 is 2.23 bits per heavy atom. The third-order valence-electron chi connectivity index (χ3n) is 1.65. The van der Waals surface area contributed by atoms with Gasteiger partial charge in [0.25, 0.3) is 11.5 Å². The van der Waals surface area contributed by atoms with Crippen molar-refractivity contribution in [3.05, 3.63) is 32.2 Å². The summed E-state index contributed by atoms with van der Waals surface area (Å²) in [5, 5.41) is 2.39. The molecule has 5 heteroatoms. The van der Waals surface area contributed by atoms with E-state index in [9.17, 15) is 9.59 Å². The number of H-pyrrole nitrogens is 1. The zero-order valence-corrected chi connectivity index (χ0v) is 8.86. The van der Waals surface area contributed by atoms with E-state index < -0.39 is 0 Å². The van der Waals surface area contributed by atoms with Crippen molar-refractivity contribution in [3.8, 4) is 0 Å². The Hall–Kier alpha value is -1.10. The second-order valence-corrected chi connectivity index (χ2v) is 3.42. The van der Waals surface area contributed by atoms with Gasteiger partial charge in [-0.15, -0.1) is 0 Å². The van der Waals surface area contributed by atoms with Crippen LogP contribution in [0.4, 0.5) is 0 Å². The molecule has 0 atom stereocenters. The minimum Gasteiger partial charge on any atom is -0.355 e. The number of rotatable bonds is 1. The lowest BCUT2D eigenvalue weighted by Gasteiger charge is -2.01. The van der Waals surface area contributed by atoms with Crippen LogP contribution in [0.2, 0.25) is 0 Å². The molecule has 2 N–H and O–H groups in total. The number of aryl methyl sites for hydroxylation is 1. The molecule has 0 spiro atoms. The standard InChI is InChI=1S/C8H9BrN2O2/c1-4-6(9)3-5(7(12)10-2)8(13)11-4/h3H,1-2H3,(H,10,12)(H,11,13). The summed E-state index contributed by atoms with van der Waals surface area (Å²) in [7, 11) is 1.48. The molecule has 1 amide bonds. The summed E-state index contributed by atoms with van der Waals surface area (Å²) >= 11 is 3.23. The Morgan fingerprint density at radius 1 is 1.62 bits per heavy atom. The smallest absolute Gasteiger partial charge is 0.261 e. The van der Waals surface area contributed by atoms with Gasteiger partial charge in [0.05, 0.1) is 0 Å². The number of carbonyl (C=O) groups excluding carboxylic acids is 1. The van der Waals surface area contributed by atoms with Gasteiger partial charge in [-0.1, -0.05) is 0 Å². The van der Waals surface area contributed by atoms with Crippen LogP contribution in [0, 0.1) is 6.92 Å². The first-order chi connectivity index (χ1) is 6.06. The zero-order valence-electron chi connectivity index (χ0n) is 7.27. The van der Waals surface area contributed by atoms with Gasteiger partial charge in [-0.2, -0.15) is 0 Å². The first kappa shape index (κ1) is 9.98. The predicted molar refractivity (Wildman–Crippen MR) is 52.9 cm³/mol. The van der Waals surface area contributed by atoms with Gasteiger partial charge in [0.2, 0.25) is 0 Å². The zero-order chi connectivity index (χ0) is 10.0. The molecule has 0 unspecified atom stereocenters. The number of aromatic nitrogens is 1. The highest BCUT2D eigenvalue weighted by atomic mass is 79.9. The van der Waals surface area contributed by atoms with E-state index in [1.54, 1.807) is 6.92 Å². The van der Waals surface area contributed by atoms with Crippen LogP contribution in [0.5, 0.6) is 0 Å². The highest BCUT2D eigenvalue weighted by Gasteiger charge is 2.09. The first-order valence-electron chi connectivity index (χ1n) is 3.67. The fraction of sp³-hybridized carbons (Fsp3) is 0.250. The van der Waals surface area contributed by atoms with E-state index in [0.29, 0.717) is 10.2 Å². The second kappa shape index (κ2) is 3.74. The highest BCUT2D eigenvalue weighted by molar-refractivity contribution is 9.10. The van der Waals surface area contributed by atoms with Gasteiger partial charge in [0.1, 0.15) is 5.56 Å². The maximum absolute atomic E-state index is 11.3. The van der Waals surface area contributed by atoms with Crippen LogP contribution in [0.25, 0.3) is 0 Å². The molecule has 1 aromatic heterocycles. The van der Waals surface area contributed by atoms with E-state index in [1.165, 1.54) is 13.1 Å². The molecule has 0 aliphatic rings. The summed E-state index contributed by atoms with van der Waals surface area (Å²) in [5.41, 5.74) is 0.442. The van der Waals surface area contributed by atoms with Crippen LogP contribution in [-0.4, -0.2) is 17.9 Å². The van der Waals surface area contributed by atoms with Gasteiger partial charge in [-0.05, 0) is 28.9 Å². The second-order valence-electron chi connectivity index (χ2n) is 2.56. The largest absolute Gasteiger partial charge is 0.355 e. The topological polar surface area (TPSA) is 62.0 Å². The fourth-order valence-electron chi connectivity index (χ4n) is 0.901. The third kappa shape index (κ3) is 1.98.